The van der Waals surface area contributed by atoms with Crippen molar-refractivity contribution in [2.24, 2.45) is 0 Å². The molecule has 1 spiro atoms. The molecule has 0 atom stereocenters. The van der Waals surface area contributed by atoms with Gasteiger partial charge in [0.1, 0.15) is 0 Å². The van der Waals surface area contributed by atoms with Crippen LogP contribution in [0.15, 0.2) is 231 Å². The van der Waals surface area contributed by atoms with Gasteiger partial charge in [-0.25, -0.2) is 0 Å². The summed E-state index contributed by atoms with van der Waals surface area (Å²) in [7, 11) is 0. The lowest BCUT2D eigenvalue weighted by molar-refractivity contribution is 0.360. The molecule has 65 heavy (non-hydrogen) atoms. The van der Waals surface area contributed by atoms with Crippen LogP contribution < -0.4 is 14.4 Å². The van der Waals surface area contributed by atoms with Crippen LogP contribution in [0.5, 0.6) is 23.0 Å². The van der Waals surface area contributed by atoms with Gasteiger partial charge in [0, 0.05) is 39.0 Å². The van der Waals surface area contributed by atoms with E-state index in [0.717, 1.165) is 45.2 Å². The summed E-state index contributed by atoms with van der Waals surface area (Å²) in [5, 5.41) is 2.48. The molecule has 0 saturated heterocycles. The number of nitrogens with zero attached hydrogens (tertiary/aromatic N) is 2. The Morgan fingerprint density at radius 1 is 0.369 bits per heavy atom. The molecule has 2 heterocycles. The van der Waals surface area contributed by atoms with Crippen LogP contribution >= 0.6 is 0 Å². The highest BCUT2D eigenvalue weighted by molar-refractivity contribution is 6.09. The van der Waals surface area contributed by atoms with E-state index < -0.39 is 5.41 Å². The minimum absolute atomic E-state index is 0.474. The molecule has 1 aromatic heterocycles. The van der Waals surface area contributed by atoms with E-state index in [0.29, 0.717) is 17.2 Å². The molecular weight excluding hydrogens is 793 g/mol. The van der Waals surface area contributed by atoms with Gasteiger partial charge in [-0.1, -0.05) is 164 Å². The zero-order chi connectivity index (χ0) is 42.6. The minimum atomic E-state index is -0.474. The highest BCUT2D eigenvalue weighted by Crippen LogP contribution is 2.66. The molecule has 4 heteroatoms. The molecule has 0 amide bonds. The van der Waals surface area contributed by atoms with Crippen molar-refractivity contribution in [1.29, 1.82) is 0 Å². The largest absolute Gasteiger partial charge is 0.449 e. The number of rotatable bonds is 5. The molecular formula is C61H38N2O2. The molecule has 11 aromatic rings. The van der Waals surface area contributed by atoms with Gasteiger partial charge in [0.25, 0.3) is 0 Å². The molecule has 304 valence electrons. The SMILES string of the molecule is c1ccc(N(c2cccc(-n3c4ccccc4c4ccccc43)c2)c2ccccc2-c2ccc3c(c2)Oc2c(ccc4c2-c2ccccc2C42c4ccccc4-c4ccccc42)O3)cc1. The van der Waals surface area contributed by atoms with Crippen molar-refractivity contribution >= 4 is 38.9 Å². The fourth-order valence-corrected chi connectivity index (χ4v) is 11.3. The number of hydrogen-bond acceptors (Lipinski definition) is 3. The maximum atomic E-state index is 7.17. The number of hydrogen-bond donors (Lipinski definition) is 0. The second kappa shape index (κ2) is 13.7. The third-order valence-corrected chi connectivity index (χ3v) is 13.9. The van der Waals surface area contributed by atoms with Gasteiger partial charge in [0.05, 0.1) is 22.1 Å². The fourth-order valence-electron chi connectivity index (χ4n) is 11.3. The topological polar surface area (TPSA) is 26.6 Å². The summed E-state index contributed by atoms with van der Waals surface area (Å²) in [6, 6.07) is 82.8. The zero-order valence-corrected chi connectivity index (χ0v) is 35.2. The van der Waals surface area contributed by atoms with Crippen LogP contribution in [0.2, 0.25) is 0 Å². The molecule has 4 nitrogen and oxygen atoms in total. The van der Waals surface area contributed by atoms with Gasteiger partial charge < -0.3 is 18.9 Å². The van der Waals surface area contributed by atoms with Crippen LogP contribution in [-0.2, 0) is 5.41 Å². The number of anilines is 3. The smallest absolute Gasteiger partial charge is 0.178 e. The Kier molecular flexibility index (Phi) is 7.57. The Bertz CT molecular complexity index is 3650. The Labute approximate surface area is 376 Å². The van der Waals surface area contributed by atoms with Crippen molar-refractivity contribution < 1.29 is 9.47 Å². The van der Waals surface area contributed by atoms with Crippen molar-refractivity contribution in [3.05, 3.63) is 253 Å². The average Bonchev–Trinajstić information content (AvgIpc) is 3.98. The Balaban J connectivity index is 0.905. The van der Waals surface area contributed by atoms with E-state index in [-0.39, 0.29) is 0 Å². The summed E-state index contributed by atoms with van der Waals surface area (Å²) in [6.45, 7) is 0. The Morgan fingerprint density at radius 2 is 0.938 bits per heavy atom. The Hall–Kier alpha value is -8.60. The molecule has 1 aliphatic heterocycles. The van der Waals surface area contributed by atoms with Crippen molar-refractivity contribution in [1.82, 2.24) is 4.57 Å². The lowest BCUT2D eigenvalue weighted by Gasteiger charge is -2.31. The van der Waals surface area contributed by atoms with Crippen LogP contribution in [0.1, 0.15) is 22.3 Å². The fraction of sp³-hybridized carbons (Fsp3) is 0.0164. The molecule has 0 bridgehead atoms. The summed E-state index contributed by atoms with van der Waals surface area (Å²) in [5.74, 6) is 2.84. The third-order valence-electron chi connectivity index (χ3n) is 13.9. The van der Waals surface area contributed by atoms with Gasteiger partial charge in [-0.2, -0.15) is 0 Å². The molecule has 3 aliphatic rings. The first-order chi connectivity index (χ1) is 32.3. The molecule has 0 saturated carbocycles. The van der Waals surface area contributed by atoms with E-state index in [2.05, 4.69) is 234 Å². The second-order valence-corrected chi connectivity index (χ2v) is 17.1. The lowest BCUT2D eigenvalue weighted by atomic mass is 9.70. The predicted molar refractivity (Wildman–Crippen MR) is 264 cm³/mol. The van der Waals surface area contributed by atoms with Crippen LogP contribution in [0.4, 0.5) is 17.1 Å². The van der Waals surface area contributed by atoms with Gasteiger partial charge in [-0.05, 0) is 111 Å². The van der Waals surface area contributed by atoms with Crippen LogP contribution in [0.3, 0.4) is 0 Å². The Morgan fingerprint density at radius 3 is 1.66 bits per heavy atom. The van der Waals surface area contributed by atoms with E-state index >= 15 is 0 Å². The number of para-hydroxylation sites is 4. The summed E-state index contributed by atoms with van der Waals surface area (Å²) >= 11 is 0. The molecule has 10 aromatic carbocycles. The minimum Gasteiger partial charge on any atom is -0.449 e. The van der Waals surface area contributed by atoms with Crippen molar-refractivity contribution in [3.63, 3.8) is 0 Å². The van der Waals surface area contributed by atoms with E-state index in [4.69, 9.17) is 9.47 Å². The first kappa shape index (κ1) is 35.9. The normalized spacial score (nSPS) is 13.3. The van der Waals surface area contributed by atoms with Gasteiger partial charge in [0.15, 0.2) is 23.0 Å². The molecule has 2 aliphatic carbocycles. The van der Waals surface area contributed by atoms with E-state index in [1.54, 1.807) is 0 Å². The molecule has 0 N–H and O–H groups in total. The maximum absolute atomic E-state index is 7.17. The predicted octanol–water partition coefficient (Wildman–Crippen LogP) is 16.2. The van der Waals surface area contributed by atoms with E-state index in [9.17, 15) is 0 Å². The lowest BCUT2D eigenvalue weighted by Crippen LogP contribution is -2.25. The van der Waals surface area contributed by atoms with Gasteiger partial charge in [0.2, 0.25) is 0 Å². The first-order valence-corrected chi connectivity index (χ1v) is 22.3. The number of ether oxygens (including phenoxy) is 2. The van der Waals surface area contributed by atoms with E-state index in [1.807, 2.05) is 6.07 Å². The standard InChI is InChI=1S/C61H38N2O2/c1-2-17-40(18-3-1)62(41-19-16-20-42(38-41)63-54-31-14-8-24-46(54)47-25-9-15-32-55(47)63)53-30-13-7-21-43(53)39-33-35-56-58(37-39)65-60-57(64-56)36-34-52-59(60)48-26-6-12-29-51(48)61(52)49-27-10-4-22-44(49)45-23-5-11-28-50(45)61/h1-38H. The highest BCUT2D eigenvalue weighted by atomic mass is 16.6. The molecule has 0 fully saturated rings. The number of benzene rings is 10. The summed E-state index contributed by atoms with van der Waals surface area (Å²) in [4.78, 5) is 2.36. The molecule has 0 unspecified atom stereocenters. The zero-order valence-electron chi connectivity index (χ0n) is 35.2. The van der Waals surface area contributed by atoms with Gasteiger partial charge >= 0.3 is 0 Å². The monoisotopic (exact) mass is 830 g/mol. The second-order valence-electron chi connectivity index (χ2n) is 17.1. The molecule has 14 rings (SSSR count). The summed E-state index contributed by atoms with van der Waals surface area (Å²) in [5.41, 5.74) is 18.1. The van der Waals surface area contributed by atoms with Crippen molar-refractivity contribution in [2.45, 2.75) is 5.41 Å². The van der Waals surface area contributed by atoms with E-state index in [1.165, 1.54) is 60.8 Å². The van der Waals surface area contributed by atoms with Gasteiger partial charge in [-0.15, -0.1) is 0 Å². The van der Waals surface area contributed by atoms with Crippen LogP contribution in [-0.4, -0.2) is 4.57 Å². The quantitative estimate of drug-likeness (QED) is 0.173. The first-order valence-electron chi connectivity index (χ1n) is 22.3. The van der Waals surface area contributed by atoms with Crippen LogP contribution in [0, 0.1) is 0 Å². The average molecular weight is 831 g/mol. The third kappa shape index (κ3) is 5.02. The maximum Gasteiger partial charge on any atom is 0.178 e. The van der Waals surface area contributed by atoms with Crippen LogP contribution in [0.25, 0.3) is 60.9 Å². The summed E-state index contributed by atoms with van der Waals surface area (Å²) in [6.07, 6.45) is 0. The number of fused-ring (bicyclic) bond motifs is 16. The number of aromatic nitrogens is 1. The van der Waals surface area contributed by atoms with Gasteiger partial charge in [-0.3, -0.25) is 0 Å². The highest BCUT2D eigenvalue weighted by Gasteiger charge is 2.53. The van der Waals surface area contributed by atoms with Crippen molar-refractivity contribution in [2.75, 3.05) is 4.90 Å². The summed E-state index contributed by atoms with van der Waals surface area (Å²) < 4.78 is 16.3. The van der Waals surface area contributed by atoms with Crippen molar-refractivity contribution in [3.8, 4) is 62.1 Å². The molecule has 0 radical (unpaired) electrons.